The molecule has 0 amide bonds. The molecule has 4 N–H and O–H groups in total. The summed E-state index contributed by atoms with van der Waals surface area (Å²) >= 11 is 0. The number of carbonyl (C=O) groups is 2. The first kappa shape index (κ1) is 22.6. The number of carboxylic acid groups (broad SMARTS) is 2. The highest BCUT2D eigenvalue weighted by atomic mass is 16.4. The molecule has 0 unspecified atom stereocenters. The predicted octanol–water partition coefficient (Wildman–Crippen LogP) is 2.68. The Morgan fingerprint density at radius 3 is 1.63 bits per heavy atom. The van der Waals surface area contributed by atoms with E-state index in [1.807, 2.05) is 0 Å². The molecule has 0 saturated heterocycles. The summed E-state index contributed by atoms with van der Waals surface area (Å²) in [4.78, 5) is 18.5. The summed E-state index contributed by atoms with van der Waals surface area (Å²) in [6.07, 6.45) is 6.90. The lowest BCUT2D eigenvalue weighted by Gasteiger charge is -2.01. The van der Waals surface area contributed by atoms with E-state index in [1.165, 1.54) is 25.7 Å². The van der Waals surface area contributed by atoms with Gasteiger partial charge in [0.05, 0.1) is 0 Å². The Kier molecular flexibility index (Phi) is 22.2. The number of hydrogen-bond donors (Lipinski definition) is 3. The molecule has 0 bridgehead atoms. The van der Waals surface area contributed by atoms with Crippen molar-refractivity contribution >= 4 is 11.9 Å². The molecule has 0 aromatic heterocycles. The molecule has 0 radical (unpaired) electrons. The van der Waals surface area contributed by atoms with Gasteiger partial charge in [-0.2, -0.15) is 0 Å². The minimum Gasteiger partial charge on any atom is -0.478 e. The average molecular weight is 273 g/mol. The second kappa shape index (κ2) is 18.7. The van der Waals surface area contributed by atoms with Crippen LogP contribution in [0.4, 0.5) is 0 Å². The van der Waals surface area contributed by atoms with Crippen molar-refractivity contribution in [3.63, 3.8) is 0 Å². The lowest BCUT2D eigenvalue weighted by Crippen LogP contribution is -1.98. The fraction of sp³-hybridized carbons (Fsp3) is 0.571. The SMILES string of the molecule is C=CC(=O)O.C=CC(=O)O.CC(C)CCCCCN. The molecule has 0 aliphatic rings. The summed E-state index contributed by atoms with van der Waals surface area (Å²) in [5.74, 6) is -1.10. The van der Waals surface area contributed by atoms with Crippen molar-refractivity contribution in [1.82, 2.24) is 0 Å². The molecule has 0 rings (SSSR count). The maximum atomic E-state index is 9.25. The molecule has 0 aliphatic heterocycles. The molecular formula is C14H27NO4. The van der Waals surface area contributed by atoms with Crippen LogP contribution in [0.2, 0.25) is 0 Å². The van der Waals surface area contributed by atoms with E-state index in [4.69, 9.17) is 15.9 Å². The van der Waals surface area contributed by atoms with Gasteiger partial charge in [0.1, 0.15) is 0 Å². The van der Waals surface area contributed by atoms with Crippen molar-refractivity contribution in [2.24, 2.45) is 11.7 Å². The van der Waals surface area contributed by atoms with Gasteiger partial charge in [-0.05, 0) is 18.9 Å². The van der Waals surface area contributed by atoms with Gasteiger partial charge in [0.2, 0.25) is 0 Å². The van der Waals surface area contributed by atoms with Gasteiger partial charge in [0.25, 0.3) is 0 Å². The van der Waals surface area contributed by atoms with Crippen LogP contribution in [0.25, 0.3) is 0 Å². The van der Waals surface area contributed by atoms with Crippen LogP contribution in [-0.4, -0.2) is 28.7 Å². The molecule has 0 aromatic carbocycles. The molecule has 19 heavy (non-hydrogen) atoms. The van der Waals surface area contributed by atoms with E-state index in [-0.39, 0.29) is 0 Å². The van der Waals surface area contributed by atoms with Gasteiger partial charge in [-0.25, -0.2) is 9.59 Å². The van der Waals surface area contributed by atoms with E-state index in [2.05, 4.69) is 27.0 Å². The van der Waals surface area contributed by atoms with Gasteiger partial charge < -0.3 is 15.9 Å². The molecule has 112 valence electrons. The Bertz CT molecular complexity index is 232. The van der Waals surface area contributed by atoms with Crippen molar-refractivity contribution in [3.8, 4) is 0 Å². The normalized spacial score (nSPS) is 8.42. The zero-order chi connectivity index (χ0) is 15.7. The van der Waals surface area contributed by atoms with Crippen molar-refractivity contribution in [3.05, 3.63) is 25.3 Å². The van der Waals surface area contributed by atoms with E-state index in [0.29, 0.717) is 0 Å². The van der Waals surface area contributed by atoms with Crippen LogP contribution in [0.1, 0.15) is 39.5 Å². The number of unbranched alkanes of at least 4 members (excludes halogenated alkanes) is 2. The second-order valence-electron chi connectivity index (χ2n) is 4.12. The van der Waals surface area contributed by atoms with Crippen LogP contribution >= 0.6 is 0 Å². The van der Waals surface area contributed by atoms with Crippen LogP contribution in [-0.2, 0) is 9.59 Å². The Hall–Kier alpha value is -1.62. The third kappa shape index (κ3) is 48.2. The molecule has 0 heterocycles. The fourth-order valence-corrected chi connectivity index (χ4v) is 0.874. The lowest BCUT2D eigenvalue weighted by atomic mass is 10.1. The first-order valence-corrected chi connectivity index (χ1v) is 6.22. The van der Waals surface area contributed by atoms with Crippen molar-refractivity contribution in [2.75, 3.05) is 6.54 Å². The largest absolute Gasteiger partial charge is 0.478 e. The highest BCUT2D eigenvalue weighted by Gasteiger charge is 1.91. The minimum atomic E-state index is -0.981. The number of rotatable bonds is 7. The molecule has 0 atom stereocenters. The fourth-order valence-electron chi connectivity index (χ4n) is 0.874. The highest BCUT2D eigenvalue weighted by Crippen LogP contribution is 2.06. The van der Waals surface area contributed by atoms with Crippen LogP contribution < -0.4 is 5.73 Å². The van der Waals surface area contributed by atoms with Crippen LogP contribution in [0.5, 0.6) is 0 Å². The van der Waals surface area contributed by atoms with E-state index in [1.54, 1.807) is 0 Å². The Balaban J connectivity index is -0.000000219. The standard InChI is InChI=1S/C8H19N.2C3H4O2/c1-8(2)6-4-3-5-7-9;2*1-2-3(4)5/h8H,3-7,9H2,1-2H3;2*2H,1H2,(H,4,5). The third-order valence-corrected chi connectivity index (χ3v) is 1.83. The van der Waals surface area contributed by atoms with Crippen molar-refractivity contribution in [2.45, 2.75) is 39.5 Å². The smallest absolute Gasteiger partial charge is 0.327 e. The quantitative estimate of drug-likeness (QED) is 0.489. The summed E-state index contributed by atoms with van der Waals surface area (Å²) in [7, 11) is 0. The van der Waals surface area contributed by atoms with Gasteiger partial charge in [-0.1, -0.05) is 46.3 Å². The predicted molar refractivity (Wildman–Crippen MR) is 78.0 cm³/mol. The number of nitrogens with two attached hydrogens (primary N) is 1. The van der Waals surface area contributed by atoms with E-state index in [0.717, 1.165) is 24.6 Å². The van der Waals surface area contributed by atoms with Gasteiger partial charge in [-0.15, -0.1) is 0 Å². The Morgan fingerprint density at radius 2 is 1.42 bits per heavy atom. The molecule has 5 nitrogen and oxygen atoms in total. The van der Waals surface area contributed by atoms with Crippen LogP contribution in [0.15, 0.2) is 25.3 Å². The molecule has 5 heteroatoms. The molecule has 0 aliphatic carbocycles. The summed E-state index contributed by atoms with van der Waals surface area (Å²) in [5.41, 5.74) is 5.35. The second-order valence-corrected chi connectivity index (χ2v) is 4.12. The van der Waals surface area contributed by atoms with E-state index < -0.39 is 11.9 Å². The average Bonchev–Trinajstić information content (AvgIpc) is 2.35. The van der Waals surface area contributed by atoms with Gasteiger partial charge in [-0.3, -0.25) is 0 Å². The summed E-state index contributed by atoms with van der Waals surface area (Å²) in [5, 5.41) is 15.2. The zero-order valence-corrected chi connectivity index (χ0v) is 12.0. The summed E-state index contributed by atoms with van der Waals surface area (Å²) < 4.78 is 0. The van der Waals surface area contributed by atoms with Crippen molar-refractivity contribution < 1.29 is 19.8 Å². The van der Waals surface area contributed by atoms with Crippen LogP contribution in [0.3, 0.4) is 0 Å². The lowest BCUT2D eigenvalue weighted by molar-refractivity contribution is -0.132. The van der Waals surface area contributed by atoms with E-state index in [9.17, 15) is 9.59 Å². The van der Waals surface area contributed by atoms with Gasteiger partial charge in [0, 0.05) is 12.2 Å². The highest BCUT2D eigenvalue weighted by molar-refractivity contribution is 5.79. The molecule has 0 aromatic rings. The maximum Gasteiger partial charge on any atom is 0.327 e. The number of hydrogen-bond acceptors (Lipinski definition) is 3. The molecular weight excluding hydrogens is 246 g/mol. The molecule has 0 fully saturated rings. The first-order chi connectivity index (χ1) is 8.81. The third-order valence-electron chi connectivity index (χ3n) is 1.83. The minimum absolute atomic E-state index is 0.833. The topological polar surface area (TPSA) is 101 Å². The van der Waals surface area contributed by atoms with Gasteiger partial charge >= 0.3 is 11.9 Å². The molecule has 0 spiro atoms. The maximum absolute atomic E-state index is 9.25. The Labute approximate surface area is 115 Å². The summed E-state index contributed by atoms with van der Waals surface area (Å²) in [6, 6.07) is 0. The molecule has 0 saturated carbocycles. The summed E-state index contributed by atoms with van der Waals surface area (Å²) in [6.45, 7) is 11.3. The zero-order valence-electron chi connectivity index (χ0n) is 12.0. The van der Waals surface area contributed by atoms with Crippen LogP contribution in [0, 0.1) is 5.92 Å². The first-order valence-electron chi connectivity index (χ1n) is 6.22. The van der Waals surface area contributed by atoms with Gasteiger partial charge in [0.15, 0.2) is 0 Å². The van der Waals surface area contributed by atoms with E-state index >= 15 is 0 Å². The number of aliphatic carboxylic acids is 2. The monoisotopic (exact) mass is 273 g/mol. The number of carboxylic acids is 2. The van der Waals surface area contributed by atoms with Crippen molar-refractivity contribution in [1.29, 1.82) is 0 Å². The Morgan fingerprint density at radius 1 is 1.05 bits per heavy atom.